The van der Waals surface area contributed by atoms with Gasteiger partial charge in [-0.15, -0.1) is 0 Å². The molecule has 2 fully saturated rings. The van der Waals surface area contributed by atoms with Crippen molar-refractivity contribution in [3.8, 4) is 0 Å². The Balaban J connectivity index is 0.000000498. The average molecular weight is 658 g/mol. The molecule has 0 aromatic heterocycles. The lowest BCUT2D eigenvalue weighted by molar-refractivity contribution is -0.152. The number of hydrogen-bond acceptors (Lipinski definition) is 7. The number of benzene rings is 2. The van der Waals surface area contributed by atoms with E-state index in [1.165, 1.54) is 4.90 Å². The number of nitrogens with one attached hydrogen (secondary N) is 1. The van der Waals surface area contributed by atoms with Crippen LogP contribution in [0.25, 0.3) is 0 Å². The highest BCUT2D eigenvalue weighted by atomic mass is 31.2. The number of hydrogen-bond donors (Lipinski definition) is 5. The van der Waals surface area contributed by atoms with Crippen molar-refractivity contribution < 1.29 is 34.0 Å². The van der Waals surface area contributed by atoms with Crippen LogP contribution in [0.15, 0.2) is 60.7 Å². The number of carbonyl (C=O) groups excluding carboxylic acids is 2. The standard InChI is InChI=1S/C27H34N3O5P.C6H14N2O2/c1-20(25(31)29-16-8-14-23(29)26(32)30-17-9-15-24(30)27(33)34)28-36(35,18-21-10-4-2-5-11-21)19-22-12-6-3-7-13-22;7-4-2-1-3-5(8)6(9)10/h2-7,10-13,20,23-24H,8-9,14-19H2,1H3,(H,28,35)(H,33,34);5H,1-4,7-8H2,(H,9,10)/t20-,23-,24-;5-/m00/s1. The van der Waals surface area contributed by atoms with Crippen LogP contribution in [0.1, 0.15) is 63.0 Å². The molecule has 4 atom stereocenters. The molecule has 0 aliphatic carbocycles. The Bertz CT molecular complexity index is 1300. The van der Waals surface area contributed by atoms with Crippen molar-refractivity contribution in [1.29, 1.82) is 0 Å². The fourth-order valence-electron chi connectivity index (χ4n) is 5.96. The van der Waals surface area contributed by atoms with E-state index in [9.17, 15) is 28.8 Å². The van der Waals surface area contributed by atoms with Gasteiger partial charge in [-0.25, -0.2) is 4.79 Å². The second-order valence-corrected chi connectivity index (χ2v) is 14.6. The van der Waals surface area contributed by atoms with E-state index in [1.807, 2.05) is 60.7 Å². The first kappa shape index (κ1) is 36.9. The van der Waals surface area contributed by atoms with Gasteiger partial charge in [0.25, 0.3) is 0 Å². The van der Waals surface area contributed by atoms with Crippen LogP contribution in [-0.2, 0) is 36.1 Å². The third-order valence-electron chi connectivity index (χ3n) is 8.29. The monoisotopic (exact) mass is 657 g/mol. The van der Waals surface area contributed by atoms with Crippen molar-refractivity contribution in [1.82, 2.24) is 14.9 Å². The summed E-state index contributed by atoms with van der Waals surface area (Å²) in [6, 6.07) is 16.1. The Morgan fingerprint density at radius 1 is 0.870 bits per heavy atom. The lowest BCUT2D eigenvalue weighted by Gasteiger charge is -2.32. The highest BCUT2D eigenvalue weighted by Gasteiger charge is 2.43. The minimum absolute atomic E-state index is 0.279. The molecule has 13 heteroatoms. The highest BCUT2D eigenvalue weighted by Crippen LogP contribution is 2.49. The van der Waals surface area contributed by atoms with Crippen LogP contribution in [0.5, 0.6) is 0 Å². The van der Waals surface area contributed by atoms with E-state index in [2.05, 4.69) is 5.09 Å². The van der Waals surface area contributed by atoms with E-state index >= 15 is 0 Å². The molecule has 7 N–H and O–H groups in total. The maximum atomic E-state index is 14.2. The largest absolute Gasteiger partial charge is 0.480 e. The zero-order valence-corrected chi connectivity index (χ0v) is 27.4. The molecule has 2 aromatic rings. The molecule has 2 aliphatic heterocycles. The van der Waals surface area contributed by atoms with E-state index in [1.54, 1.807) is 11.8 Å². The third-order valence-corrected chi connectivity index (χ3v) is 10.9. The van der Waals surface area contributed by atoms with Crippen molar-refractivity contribution in [2.45, 2.75) is 88.4 Å². The number of carboxylic acid groups (broad SMARTS) is 2. The summed E-state index contributed by atoms with van der Waals surface area (Å²) in [6.07, 6.45) is 5.02. The summed E-state index contributed by atoms with van der Waals surface area (Å²) in [5, 5.41) is 21.0. The molecular weight excluding hydrogens is 609 g/mol. The normalized spacial score (nSPS) is 19.2. The quantitative estimate of drug-likeness (QED) is 0.149. The summed E-state index contributed by atoms with van der Waals surface area (Å²) in [4.78, 5) is 51.5. The molecule has 2 heterocycles. The van der Waals surface area contributed by atoms with Crippen LogP contribution >= 0.6 is 7.29 Å². The zero-order valence-electron chi connectivity index (χ0n) is 26.5. The van der Waals surface area contributed by atoms with Crippen LogP contribution in [0, 0.1) is 0 Å². The van der Waals surface area contributed by atoms with Crippen LogP contribution in [-0.4, -0.2) is 87.6 Å². The van der Waals surface area contributed by atoms with Crippen molar-refractivity contribution in [3.63, 3.8) is 0 Å². The van der Waals surface area contributed by atoms with Gasteiger partial charge in [0.15, 0.2) is 7.29 Å². The number of nitrogens with two attached hydrogens (primary N) is 2. The van der Waals surface area contributed by atoms with Gasteiger partial charge in [0.2, 0.25) is 11.8 Å². The summed E-state index contributed by atoms with van der Waals surface area (Å²) in [6.45, 7) is 3.12. The van der Waals surface area contributed by atoms with E-state index in [-0.39, 0.29) is 11.8 Å². The van der Waals surface area contributed by atoms with Gasteiger partial charge >= 0.3 is 11.9 Å². The summed E-state index contributed by atoms with van der Waals surface area (Å²) < 4.78 is 14.2. The summed E-state index contributed by atoms with van der Waals surface area (Å²) in [5.41, 5.74) is 12.3. The lowest BCUT2D eigenvalue weighted by Crippen LogP contribution is -2.53. The molecule has 0 spiro atoms. The molecule has 46 heavy (non-hydrogen) atoms. The molecule has 0 bridgehead atoms. The summed E-state index contributed by atoms with van der Waals surface area (Å²) in [5.74, 6) is -2.51. The first-order chi connectivity index (χ1) is 22.0. The molecule has 4 rings (SSSR count). The van der Waals surface area contributed by atoms with Crippen molar-refractivity contribution in [3.05, 3.63) is 71.8 Å². The SMILES string of the molecule is C[C@H](NP(=O)(Cc1ccccc1)Cc1ccccc1)C(=O)N1CCC[C@H]1C(=O)N1CCC[C@H]1C(=O)O.NCCCC[C@H](N)C(=O)O. The maximum absolute atomic E-state index is 14.2. The minimum atomic E-state index is -3.07. The minimum Gasteiger partial charge on any atom is -0.480 e. The topological polar surface area (TPSA) is 196 Å². The number of aliphatic carboxylic acids is 2. The summed E-state index contributed by atoms with van der Waals surface area (Å²) >= 11 is 0. The molecule has 2 saturated heterocycles. The first-order valence-corrected chi connectivity index (χ1v) is 18.0. The molecule has 2 aromatic carbocycles. The van der Waals surface area contributed by atoms with E-state index in [4.69, 9.17) is 16.6 Å². The van der Waals surface area contributed by atoms with Crippen LogP contribution in [0.2, 0.25) is 0 Å². The fourth-order valence-corrected chi connectivity index (χ4v) is 8.67. The number of carboxylic acids is 2. The summed E-state index contributed by atoms with van der Waals surface area (Å²) in [7, 11) is -3.07. The molecular formula is C33H48N5O7P. The van der Waals surface area contributed by atoms with Gasteiger partial charge in [-0.1, -0.05) is 67.1 Å². The number of unbranched alkanes of at least 4 members (excludes halogenated alkanes) is 1. The number of likely N-dealkylation sites (tertiary alicyclic amines) is 2. The second kappa shape index (κ2) is 17.9. The lowest BCUT2D eigenvalue weighted by atomic mass is 10.1. The van der Waals surface area contributed by atoms with E-state index in [0.29, 0.717) is 64.1 Å². The fraction of sp³-hybridized carbons (Fsp3) is 0.515. The van der Waals surface area contributed by atoms with Gasteiger partial charge in [0.1, 0.15) is 18.1 Å². The smallest absolute Gasteiger partial charge is 0.326 e. The van der Waals surface area contributed by atoms with E-state index in [0.717, 1.165) is 24.0 Å². The molecule has 2 aliphatic rings. The predicted molar refractivity (Wildman–Crippen MR) is 176 cm³/mol. The maximum Gasteiger partial charge on any atom is 0.326 e. The van der Waals surface area contributed by atoms with Gasteiger partial charge in [0.05, 0.1) is 6.04 Å². The van der Waals surface area contributed by atoms with E-state index < -0.39 is 43.4 Å². The van der Waals surface area contributed by atoms with Gasteiger partial charge in [-0.05, 0) is 63.1 Å². The highest BCUT2D eigenvalue weighted by molar-refractivity contribution is 7.60. The molecule has 0 unspecified atom stereocenters. The number of carbonyl (C=O) groups is 4. The predicted octanol–water partition coefficient (Wildman–Crippen LogP) is 3.24. The van der Waals surface area contributed by atoms with Gasteiger partial charge < -0.3 is 36.0 Å². The van der Waals surface area contributed by atoms with Gasteiger partial charge in [-0.3, -0.25) is 19.5 Å². The first-order valence-electron chi connectivity index (χ1n) is 15.9. The molecule has 252 valence electrons. The molecule has 0 saturated carbocycles. The van der Waals surface area contributed by atoms with Crippen LogP contribution < -0.4 is 16.6 Å². The van der Waals surface area contributed by atoms with Crippen molar-refractivity contribution in [2.75, 3.05) is 19.6 Å². The zero-order chi connectivity index (χ0) is 33.7. The Morgan fingerprint density at radius 3 is 1.89 bits per heavy atom. The van der Waals surface area contributed by atoms with Crippen molar-refractivity contribution >= 4 is 31.0 Å². The third kappa shape index (κ3) is 10.8. The van der Waals surface area contributed by atoms with Crippen LogP contribution in [0.4, 0.5) is 0 Å². The Kier molecular flexibility index (Phi) is 14.4. The second-order valence-electron chi connectivity index (χ2n) is 12.0. The molecule has 12 nitrogen and oxygen atoms in total. The Hall–Kier alpha value is -3.57. The molecule has 0 radical (unpaired) electrons. The number of rotatable bonds is 14. The molecule has 2 amide bonds. The average Bonchev–Trinajstić information content (AvgIpc) is 3.72. The Labute approximate surface area is 270 Å². The van der Waals surface area contributed by atoms with Gasteiger partial charge in [0, 0.05) is 25.4 Å². The number of nitrogens with zero attached hydrogens (tertiary/aromatic N) is 2. The Morgan fingerprint density at radius 2 is 1.39 bits per heavy atom. The number of amides is 2. The van der Waals surface area contributed by atoms with Crippen molar-refractivity contribution in [2.24, 2.45) is 11.5 Å². The van der Waals surface area contributed by atoms with Crippen LogP contribution in [0.3, 0.4) is 0 Å². The van der Waals surface area contributed by atoms with Gasteiger partial charge in [-0.2, -0.15) is 0 Å².